The van der Waals surface area contributed by atoms with Gasteiger partial charge in [-0.25, -0.2) is 4.79 Å². The molecule has 0 aliphatic carbocycles. The molecule has 4 atom stereocenters. The van der Waals surface area contributed by atoms with E-state index in [9.17, 15) is 28.8 Å². The minimum absolute atomic E-state index is 0.0605. The van der Waals surface area contributed by atoms with Gasteiger partial charge < -0.3 is 31.1 Å². The van der Waals surface area contributed by atoms with Crippen molar-refractivity contribution in [3.05, 3.63) is 12.7 Å². The molecule has 43 heavy (non-hydrogen) atoms. The van der Waals surface area contributed by atoms with Gasteiger partial charge >= 0.3 is 6.03 Å². The predicted molar refractivity (Wildman–Crippen MR) is 164 cm³/mol. The maximum absolute atomic E-state index is 14.1. The van der Waals surface area contributed by atoms with Gasteiger partial charge in [-0.3, -0.25) is 24.0 Å². The Bertz CT molecular complexity index is 1080. The number of carbonyl (C=O) groups is 6. The molecule has 6 amide bonds. The molecule has 0 radical (unpaired) electrons. The van der Waals surface area contributed by atoms with Crippen LogP contribution in [0.5, 0.6) is 0 Å². The Balaban J connectivity index is 2.21. The number of urea groups is 1. The first-order chi connectivity index (χ1) is 19.9. The molecule has 2 rings (SSSR count). The molecular formula is C31H52N6O6. The van der Waals surface area contributed by atoms with Gasteiger partial charge in [-0.05, 0) is 35.5 Å². The molecule has 2 heterocycles. The highest BCUT2D eigenvalue weighted by Gasteiger charge is 2.47. The monoisotopic (exact) mass is 604 g/mol. The summed E-state index contributed by atoms with van der Waals surface area (Å²) in [5.74, 6) is -2.60. The smallest absolute Gasteiger partial charge is 0.315 e. The van der Waals surface area contributed by atoms with E-state index in [2.05, 4.69) is 27.8 Å². The van der Waals surface area contributed by atoms with E-state index < -0.39 is 53.6 Å². The van der Waals surface area contributed by atoms with Gasteiger partial charge in [0.2, 0.25) is 23.5 Å². The lowest BCUT2D eigenvalue weighted by atomic mass is 9.84. The quantitative estimate of drug-likeness (QED) is 0.196. The predicted octanol–water partition coefficient (Wildman–Crippen LogP) is 1.60. The van der Waals surface area contributed by atoms with E-state index in [-0.39, 0.29) is 35.7 Å². The molecule has 0 spiro atoms. The van der Waals surface area contributed by atoms with Crippen LogP contribution in [-0.2, 0) is 24.0 Å². The Morgan fingerprint density at radius 1 is 0.977 bits per heavy atom. The number of likely N-dealkylation sites (tertiary alicyclic amines) is 2. The van der Waals surface area contributed by atoms with Gasteiger partial charge in [0.15, 0.2) is 0 Å². The summed E-state index contributed by atoms with van der Waals surface area (Å²) < 4.78 is 0. The molecule has 0 aromatic heterocycles. The second kappa shape index (κ2) is 14.8. The summed E-state index contributed by atoms with van der Waals surface area (Å²) in [5.41, 5.74) is -1.06. The Hall–Kier alpha value is -3.44. The van der Waals surface area contributed by atoms with Crippen LogP contribution < -0.4 is 21.3 Å². The zero-order chi connectivity index (χ0) is 32.7. The molecule has 12 heteroatoms. The fourth-order valence-electron chi connectivity index (χ4n) is 5.51. The lowest BCUT2D eigenvalue weighted by Gasteiger charge is -2.38. The lowest BCUT2D eigenvalue weighted by Crippen LogP contribution is -2.62. The van der Waals surface area contributed by atoms with Crippen molar-refractivity contribution in [2.24, 2.45) is 22.7 Å². The number of carbonyl (C=O) groups excluding carboxylic acids is 6. The Morgan fingerprint density at radius 3 is 2.14 bits per heavy atom. The highest BCUT2D eigenvalue weighted by Crippen LogP contribution is 2.33. The second-order valence-corrected chi connectivity index (χ2v) is 14.1. The van der Waals surface area contributed by atoms with Gasteiger partial charge in [0.1, 0.15) is 12.1 Å². The van der Waals surface area contributed by atoms with Crippen molar-refractivity contribution in [2.45, 2.75) is 92.8 Å². The Labute approximate surface area is 256 Å². The fourth-order valence-corrected chi connectivity index (χ4v) is 5.51. The van der Waals surface area contributed by atoms with Crippen molar-refractivity contribution in [1.29, 1.82) is 0 Å². The largest absolute Gasteiger partial charge is 0.347 e. The Morgan fingerprint density at radius 2 is 1.63 bits per heavy atom. The zero-order valence-electron chi connectivity index (χ0n) is 27.2. The van der Waals surface area contributed by atoms with E-state index in [0.717, 1.165) is 6.42 Å². The van der Waals surface area contributed by atoms with Crippen molar-refractivity contribution in [3.63, 3.8) is 0 Å². The summed E-state index contributed by atoms with van der Waals surface area (Å²) in [4.78, 5) is 80.6. The number of ketones is 1. The van der Waals surface area contributed by atoms with Crippen molar-refractivity contribution in [1.82, 2.24) is 31.1 Å². The van der Waals surface area contributed by atoms with Gasteiger partial charge in [0.25, 0.3) is 5.91 Å². The molecule has 4 N–H and O–H groups in total. The summed E-state index contributed by atoms with van der Waals surface area (Å²) in [6.07, 6.45) is 3.31. The minimum atomic E-state index is -0.964. The normalized spacial score (nSPS) is 20.4. The molecule has 0 unspecified atom stereocenters. The third-order valence-corrected chi connectivity index (χ3v) is 8.25. The van der Waals surface area contributed by atoms with Crippen LogP contribution >= 0.6 is 0 Å². The highest BCUT2D eigenvalue weighted by atomic mass is 16.2. The van der Waals surface area contributed by atoms with Crippen molar-refractivity contribution in [3.8, 4) is 0 Å². The Kier molecular flexibility index (Phi) is 12.3. The number of hydrogen-bond donors (Lipinski definition) is 4. The SMILES string of the molecule is C=CCNC(=O)C(=O)CNC(=O)[C@@H]1[C@@H](C(C)C)CCN1C(=O)[C@@H](NC(=O)N[C@H](CN1CCCC1=O)C(C)(C)C)C(C)(C)C. The van der Waals surface area contributed by atoms with Crippen LogP contribution in [-0.4, -0.2) is 96.1 Å². The topological polar surface area (TPSA) is 157 Å². The fraction of sp³-hybridized carbons (Fsp3) is 0.742. The molecule has 0 aromatic rings. The summed E-state index contributed by atoms with van der Waals surface area (Å²) in [6.45, 7) is 19.9. The van der Waals surface area contributed by atoms with Crippen LogP contribution in [0.3, 0.4) is 0 Å². The molecule has 0 bridgehead atoms. The standard InChI is InChI=1S/C31H52N6O6/c1-10-14-32-26(40)21(38)17-33-27(41)24-20(19(2)3)13-16-37(24)28(42)25(31(7,8)9)35-29(43)34-22(30(4,5)6)18-36-15-11-12-23(36)39/h10,19-20,22,24-25H,1,11-18H2,2-9H3,(H,32,40)(H,33,41)(H2,34,35,43)/t20-,22-,24+,25-/m1/s1. The van der Waals surface area contributed by atoms with Crippen molar-refractivity contribution in [2.75, 3.05) is 32.7 Å². The summed E-state index contributed by atoms with van der Waals surface area (Å²) >= 11 is 0. The number of nitrogens with zero attached hydrogens (tertiary/aromatic N) is 2. The average molecular weight is 605 g/mol. The highest BCUT2D eigenvalue weighted by molar-refractivity contribution is 6.37. The van der Waals surface area contributed by atoms with Crippen LogP contribution in [0.1, 0.15) is 74.7 Å². The lowest BCUT2D eigenvalue weighted by molar-refractivity contribution is -0.143. The number of hydrogen-bond acceptors (Lipinski definition) is 6. The van der Waals surface area contributed by atoms with E-state index in [1.807, 2.05) is 55.4 Å². The average Bonchev–Trinajstić information content (AvgIpc) is 3.53. The van der Waals surface area contributed by atoms with Crippen LogP contribution in [0.4, 0.5) is 4.79 Å². The summed E-state index contributed by atoms with van der Waals surface area (Å²) in [7, 11) is 0. The van der Waals surface area contributed by atoms with Crippen molar-refractivity contribution >= 4 is 35.4 Å². The molecule has 2 aliphatic heterocycles. The van der Waals surface area contributed by atoms with Gasteiger partial charge in [0, 0.05) is 32.6 Å². The van der Waals surface area contributed by atoms with E-state index >= 15 is 0 Å². The van der Waals surface area contributed by atoms with Gasteiger partial charge in [0.05, 0.1) is 12.6 Å². The van der Waals surface area contributed by atoms with Crippen LogP contribution in [0.2, 0.25) is 0 Å². The first-order valence-corrected chi connectivity index (χ1v) is 15.2. The molecule has 2 aliphatic rings. The third-order valence-electron chi connectivity index (χ3n) is 8.25. The van der Waals surface area contributed by atoms with Gasteiger partial charge in [-0.1, -0.05) is 61.5 Å². The maximum Gasteiger partial charge on any atom is 0.315 e. The number of Topliss-reactive ketones (excluding diaryl/α,β-unsaturated/α-hetero) is 1. The van der Waals surface area contributed by atoms with Gasteiger partial charge in [-0.2, -0.15) is 0 Å². The van der Waals surface area contributed by atoms with E-state index in [1.165, 1.54) is 11.0 Å². The summed E-state index contributed by atoms with van der Waals surface area (Å²) in [5, 5.41) is 10.8. The van der Waals surface area contributed by atoms with E-state index in [4.69, 9.17) is 0 Å². The van der Waals surface area contributed by atoms with E-state index in [0.29, 0.717) is 32.5 Å². The maximum atomic E-state index is 14.1. The van der Waals surface area contributed by atoms with E-state index in [1.54, 1.807) is 4.90 Å². The number of nitrogens with one attached hydrogen (secondary N) is 4. The summed E-state index contributed by atoms with van der Waals surface area (Å²) in [6, 6.07) is -2.72. The zero-order valence-corrected chi connectivity index (χ0v) is 27.2. The van der Waals surface area contributed by atoms with Crippen LogP contribution in [0.25, 0.3) is 0 Å². The minimum Gasteiger partial charge on any atom is -0.347 e. The number of rotatable bonds is 12. The first-order valence-electron chi connectivity index (χ1n) is 15.2. The molecule has 2 saturated heterocycles. The number of amides is 6. The van der Waals surface area contributed by atoms with Crippen LogP contribution in [0.15, 0.2) is 12.7 Å². The van der Waals surface area contributed by atoms with Crippen molar-refractivity contribution < 1.29 is 28.8 Å². The van der Waals surface area contributed by atoms with Gasteiger partial charge in [-0.15, -0.1) is 6.58 Å². The molecule has 242 valence electrons. The third kappa shape index (κ3) is 9.79. The first kappa shape index (κ1) is 35.8. The molecule has 0 saturated carbocycles. The van der Waals surface area contributed by atoms with Crippen LogP contribution in [0, 0.1) is 22.7 Å². The molecule has 12 nitrogen and oxygen atoms in total. The molecule has 2 fully saturated rings. The molecular weight excluding hydrogens is 552 g/mol. The second-order valence-electron chi connectivity index (χ2n) is 14.1. The molecule has 0 aromatic carbocycles.